The molecule has 0 saturated heterocycles. The Labute approximate surface area is 122 Å². The largest absolute Gasteiger partial charge is 0.477 e. The molecule has 1 fully saturated rings. The molecule has 0 aromatic carbocycles. The Morgan fingerprint density at radius 1 is 1.60 bits per heavy atom. The van der Waals surface area contributed by atoms with Gasteiger partial charge in [0.25, 0.3) is 0 Å². The first kappa shape index (κ1) is 15.4. The summed E-state index contributed by atoms with van der Waals surface area (Å²) in [7, 11) is -3.67. The van der Waals surface area contributed by atoms with E-state index in [0.29, 0.717) is 5.75 Å². The summed E-state index contributed by atoms with van der Waals surface area (Å²) >= 11 is 1.55. The van der Waals surface area contributed by atoms with Gasteiger partial charge in [-0.05, 0) is 32.1 Å². The monoisotopic (exact) mass is 318 g/mol. The molecule has 1 unspecified atom stereocenters. The summed E-state index contributed by atoms with van der Waals surface area (Å²) in [5.41, 5.74) is 0.0328. The lowest BCUT2D eigenvalue weighted by Gasteiger charge is -2.11. The number of carboxylic acids is 1. The smallest absolute Gasteiger partial charge is 0.352 e. The van der Waals surface area contributed by atoms with Crippen molar-refractivity contribution in [3.63, 3.8) is 0 Å². The lowest BCUT2D eigenvalue weighted by molar-refractivity contribution is 0.0685. The molecule has 0 aliphatic heterocycles. The van der Waals surface area contributed by atoms with E-state index in [2.05, 4.69) is 4.72 Å². The van der Waals surface area contributed by atoms with E-state index in [1.54, 1.807) is 23.3 Å². The predicted octanol–water partition coefficient (Wildman–Crippen LogP) is 1.55. The number of nitrogens with zero attached hydrogens (tertiary/aromatic N) is 1. The minimum Gasteiger partial charge on any atom is -0.477 e. The van der Waals surface area contributed by atoms with Crippen LogP contribution < -0.4 is 4.72 Å². The number of rotatable bonds is 7. The third-order valence-electron chi connectivity index (χ3n) is 3.07. The van der Waals surface area contributed by atoms with Gasteiger partial charge in [0.2, 0.25) is 10.0 Å². The lowest BCUT2D eigenvalue weighted by Crippen LogP contribution is -2.34. The molecular weight excluding hydrogens is 300 g/mol. The minimum atomic E-state index is -3.67. The molecular formula is C12H18N2O4S2. The number of thioether (sulfide) groups is 1. The van der Waals surface area contributed by atoms with Crippen molar-refractivity contribution in [1.82, 2.24) is 9.29 Å². The molecule has 1 aliphatic carbocycles. The van der Waals surface area contributed by atoms with Crippen molar-refractivity contribution in [3.8, 4) is 0 Å². The van der Waals surface area contributed by atoms with Crippen LogP contribution in [0.3, 0.4) is 0 Å². The van der Waals surface area contributed by atoms with Gasteiger partial charge in [-0.2, -0.15) is 11.8 Å². The number of nitrogens with one attached hydrogen (secondary N) is 1. The van der Waals surface area contributed by atoms with E-state index < -0.39 is 16.0 Å². The third-order valence-corrected chi connectivity index (χ3v) is 5.46. The standard InChI is InChI=1S/C12H18N2O4S2/c1-8(7-19-2)13-20(17,18)10-5-11(12(15)16)14(6-10)9-3-4-9/h5-6,8-9,13H,3-4,7H2,1-2H3,(H,15,16). The Morgan fingerprint density at radius 2 is 2.25 bits per heavy atom. The predicted molar refractivity (Wildman–Crippen MR) is 77.8 cm³/mol. The Bertz CT molecular complexity index is 605. The lowest BCUT2D eigenvalue weighted by atomic mass is 10.4. The van der Waals surface area contributed by atoms with Crippen LogP contribution in [0.1, 0.15) is 36.3 Å². The number of carbonyl (C=O) groups is 1. The van der Waals surface area contributed by atoms with Gasteiger partial charge in [-0.15, -0.1) is 0 Å². The van der Waals surface area contributed by atoms with E-state index in [-0.39, 0.29) is 22.7 Å². The van der Waals surface area contributed by atoms with Crippen molar-refractivity contribution >= 4 is 27.8 Å². The molecule has 1 heterocycles. The van der Waals surface area contributed by atoms with Crippen molar-refractivity contribution in [2.24, 2.45) is 0 Å². The van der Waals surface area contributed by atoms with Gasteiger partial charge in [-0.3, -0.25) is 0 Å². The van der Waals surface area contributed by atoms with Gasteiger partial charge >= 0.3 is 5.97 Å². The first-order chi connectivity index (χ1) is 9.35. The summed E-state index contributed by atoms with van der Waals surface area (Å²) in [5.74, 6) is -0.440. The molecule has 1 aromatic heterocycles. The summed E-state index contributed by atoms with van der Waals surface area (Å²) in [4.78, 5) is 11.2. The zero-order valence-electron chi connectivity index (χ0n) is 11.4. The molecule has 2 rings (SSSR count). The molecule has 1 aromatic rings. The van der Waals surface area contributed by atoms with Crippen LogP contribution >= 0.6 is 11.8 Å². The van der Waals surface area contributed by atoms with E-state index in [4.69, 9.17) is 5.11 Å². The fourth-order valence-electron chi connectivity index (χ4n) is 2.04. The highest BCUT2D eigenvalue weighted by atomic mass is 32.2. The molecule has 6 nitrogen and oxygen atoms in total. The van der Waals surface area contributed by atoms with Crippen molar-refractivity contribution in [3.05, 3.63) is 18.0 Å². The molecule has 2 N–H and O–H groups in total. The number of sulfonamides is 1. The zero-order chi connectivity index (χ0) is 14.9. The van der Waals surface area contributed by atoms with Crippen LogP contribution in [0.2, 0.25) is 0 Å². The topological polar surface area (TPSA) is 88.4 Å². The van der Waals surface area contributed by atoms with Crippen LogP contribution in [0.15, 0.2) is 17.2 Å². The van der Waals surface area contributed by atoms with Crippen LogP contribution in [0.5, 0.6) is 0 Å². The molecule has 0 bridgehead atoms. The van der Waals surface area contributed by atoms with Gasteiger partial charge in [-0.1, -0.05) is 0 Å². The minimum absolute atomic E-state index is 0.0229. The van der Waals surface area contributed by atoms with Gasteiger partial charge in [0.15, 0.2) is 0 Å². The van der Waals surface area contributed by atoms with Gasteiger partial charge in [0.05, 0.1) is 0 Å². The zero-order valence-corrected chi connectivity index (χ0v) is 13.0. The SMILES string of the molecule is CSCC(C)NS(=O)(=O)c1cc(C(=O)O)n(C2CC2)c1. The summed E-state index contributed by atoms with van der Waals surface area (Å²) in [6.45, 7) is 1.78. The molecule has 0 radical (unpaired) electrons. The Morgan fingerprint density at radius 3 is 2.75 bits per heavy atom. The molecule has 0 spiro atoms. The average Bonchev–Trinajstić information content (AvgIpc) is 3.06. The van der Waals surface area contributed by atoms with Crippen LogP contribution in [0.25, 0.3) is 0 Å². The summed E-state index contributed by atoms with van der Waals surface area (Å²) < 4.78 is 28.6. The number of aromatic carboxylic acids is 1. The Hall–Kier alpha value is -0.990. The third kappa shape index (κ3) is 3.36. The normalized spacial score (nSPS) is 17.1. The van der Waals surface area contributed by atoms with Gasteiger partial charge in [0, 0.05) is 24.0 Å². The Kier molecular flexibility index (Phi) is 4.46. The fourth-order valence-corrected chi connectivity index (χ4v) is 4.00. The number of hydrogen-bond donors (Lipinski definition) is 2. The molecule has 8 heteroatoms. The van der Waals surface area contributed by atoms with Gasteiger partial charge < -0.3 is 9.67 Å². The van der Waals surface area contributed by atoms with Crippen molar-refractivity contribution < 1.29 is 18.3 Å². The first-order valence-corrected chi connectivity index (χ1v) is 9.19. The van der Waals surface area contributed by atoms with Crippen molar-refractivity contribution in [2.45, 2.75) is 36.7 Å². The van der Waals surface area contributed by atoms with Crippen LogP contribution in [-0.4, -0.2) is 42.1 Å². The van der Waals surface area contributed by atoms with Crippen molar-refractivity contribution in [1.29, 1.82) is 0 Å². The molecule has 1 saturated carbocycles. The quantitative estimate of drug-likeness (QED) is 0.796. The van der Waals surface area contributed by atoms with Crippen LogP contribution in [0.4, 0.5) is 0 Å². The second-order valence-electron chi connectivity index (χ2n) is 4.98. The highest BCUT2D eigenvalue weighted by molar-refractivity contribution is 7.98. The molecule has 1 aliphatic rings. The van der Waals surface area contributed by atoms with E-state index in [1.165, 1.54) is 12.3 Å². The number of carboxylic acid groups (broad SMARTS) is 1. The highest BCUT2D eigenvalue weighted by Crippen LogP contribution is 2.37. The number of hydrogen-bond acceptors (Lipinski definition) is 4. The van der Waals surface area contributed by atoms with E-state index in [1.807, 2.05) is 6.26 Å². The van der Waals surface area contributed by atoms with Gasteiger partial charge in [0.1, 0.15) is 10.6 Å². The van der Waals surface area contributed by atoms with E-state index in [0.717, 1.165) is 12.8 Å². The maximum atomic E-state index is 12.2. The highest BCUT2D eigenvalue weighted by Gasteiger charge is 2.30. The summed E-state index contributed by atoms with van der Waals surface area (Å²) in [5, 5.41) is 9.15. The maximum absolute atomic E-state index is 12.2. The molecule has 0 amide bonds. The summed E-state index contributed by atoms with van der Waals surface area (Å²) in [6, 6.07) is 1.15. The van der Waals surface area contributed by atoms with Crippen LogP contribution in [0, 0.1) is 0 Å². The average molecular weight is 318 g/mol. The van der Waals surface area contributed by atoms with Crippen molar-refractivity contribution in [2.75, 3.05) is 12.0 Å². The number of aromatic nitrogens is 1. The van der Waals surface area contributed by atoms with Crippen LogP contribution in [-0.2, 0) is 10.0 Å². The molecule has 20 heavy (non-hydrogen) atoms. The summed E-state index contributed by atoms with van der Waals surface area (Å²) in [6.07, 6.45) is 5.11. The van der Waals surface area contributed by atoms with E-state index >= 15 is 0 Å². The molecule has 112 valence electrons. The first-order valence-electron chi connectivity index (χ1n) is 6.31. The Balaban J connectivity index is 2.27. The second kappa shape index (κ2) is 5.79. The van der Waals surface area contributed by atoms with Gasteiger partial charge in [-0.25, -0.2) is 17.9 Å². The fraction of sp³-hybridized carbons (Fsp3) is 0.583. The maximum Gasteiger partial charge on any atom is 0.352 e. The van der Waals surface area contributed by atoms with E-state index in [9.17, 15) is 13.2 Å². The molecule has 1 atom stereocenters. The second-order valence-corrected chi connectivity index (χ2v) is 7.61.